The first-order valence-corrected chi connectivity index (χ1v) is 10.7. The van der Waals surface area contributed by atoms with Gasteiger partial charge in [-0.05, 0) is 80.6 Å². The molecule has 0 bridgehead atoms. The third kappa shape index (κ3) is 3.32. The van der Waals surface area contributed by atoms with Crippen molar-refractivity contribution in [2.75, 3.05) is 0 Å². The number of rotatable bonds is 2. The van der Waals surface area contributed by atoms with Gasteiger partial charge in [-0.3, -0.25) is 0 Å². The molecule has 4 amide bonds. The number of allylic oxidation sites excluding steroid dienone is 2. The molecule has 0 aromatic rings. The fraction of sp³-hybridized carbons (Fsp3) is 0.714. The Morgan fingerprint density at radius 2 is 1.62 bits per heavy atom. The number of amides is 4. The minimum atomic E-state index is -0.621. The highest BCUT2D eigenvalue weighted by molar-refractivity contribution is 5.97. The van der Waals surface area contributed by atoms with Crippen LogP contribution in [0.5, 0.6) is 0 Å². The molecule has 0 aromatic carbocycles. The van der Waals surface area contributed by atoms with Crippen LogP contribution >= 0.6 is 0 Å². The van der Waals surface area contributed by atoms with E-state index < -0.39 is 12.1 Å². The quantitative estimate of drug-likeness (QED) is 0.530. The van der Waals surface area contributed by atoms with E-state index in [-0.39, 0.29) is 10.8 Å². The van der Waals surface area contributed by atoms with E-state index in [2.05, 4.69) is 41.0 Å². The molecule has 4 rings (SSSR count). The topological polar surface area (TPSA) is 135 Å². The second-order valence-electron chi connectivity index (χ2n) is 9.61. The second-order valence-corrected chi connectivity index (χ2v) is 9.61. The number of urea groups is 2. The maximum Gasteiger partial charge on any atom is 0.332 e. The number of nitrogens with one attached hydrogen (secondary N) is 2. The molecule has 6 N–H and O–H groups in total. The van der Waals surface area contributed by atoms with Crippen LogP contribution in [-0.4, -0.2) is 23.5 Å². The molecular formula is C21H32N6O2. The average molecular weight is 401 g/mol. The predicted molar refractivity (Wildman–Crippen MR) is 112 cm³/mol. The van der Waals surface area contributed by atoms with Crippen molar-refractivity contribution in [2.24, 2.45) is 50.3 Å². The van der Waals surface area contributed by atoms with Gasteiger partial charge in [0.15, 0.2) is 0 Å². The lowest BCUT2D eigenvalue weighted by Gasteiger charge is -2.57. The van der Waals surface area contributed by atoms with Gasteiger partial charge in [0.25, 0.3) is 0 Å². The van der Waals surface area contributed by atoms with Crippen molar-refractivity contribution in [3.8, 4) is 0 Å². The smallest absolute Gasteiger partial charge is 0.332 e. The molecule has 5 atom stereocenters. The zero-order chi connectivity index (χ0) is 20.8. The Morgan fingerprint density at radius 1 is 0.931 bits per heavy atom. The highest BCUT2D eigenvalue weighted by atomic mass is 16.2. The highest BCUT2D eigenvalue weighted by Gasteiger charge is 2.58. The van der Waals surface area contributed by atoms with E-state index in [4.69, 9.17) is 11.5 Å². The summed E-state index contributed by atoms with van der Waals surface area (Å²) in [6.07, 6.45) is 10.7. The van der Waals surface area contributed by atoms with Gasteiger partial charge in [0.2, 0.25) is 0 Å². The first-order valence-electron chi connectivity index (χ1n) is 10.7. The molecule has 0 unspecified atom stereocenters. The summed E-state index contributed by atoms with van der Waals surface area (Å²) in [5.41, 5.74) is 19.0. The van der Waals surface area contributed by atoms with Crippen molar-refractivity contribution in [3.05, 3.63) is 11.6 Å². The number of hydrazone groups is 2. The van der Waals surface area contributed by atoms with Gasteiger partial charge in [-0.2, -0.15) is 10.2 Å². The Balaban J connectivity index is 1.57. The lowest BCUT2D eigenvalue weighted by atomic mass is 9.47. The number of carbonyl (C=O) groups excluding carboxylic acids is 2. The molecule has 158 valence electrons. The standard InChI is InChI=1S/C21H32N6O2/c1-20-9-7-13(24-26-18(22)28)11-12(20)3-4-14-15-5-6-17(25-27-19(23)29)21(15,2)10-8-16(14)20/h11,14-16H,3-10H2,1-2H3,(H3,22,26,28)(H3,23,27,29)/b24-13+,25-17+/t14-,15+,16-,20-,21-/m0/s1. The monoisotopic (exact) mass is 400 g/mol. The van der Waals surface area contributed by atoms with Crippen LogP contribution in [0.3, 0.4) is 0 Å². The minimum Gasteiger partial charge on any atom is -0.350 e. The summed E-state index contributed by atoms with van der Waals surface area (Å²) in [5.74, 6) is 1.95. The second kappa shape index (κ2) is 7.15. The van der Waals surface area contributed by atoms with Gasteiger partial charge in [-0.15, -0.1) is 0 Å². The average Bonchev–Trinajstić information content (AvgIpc) is 3.01. The number of primary amides is 2. The maximum atomic E-state index is 11.1. The summed E-state index contributed by atoms with van der Waals surface area (Å²) in [4.78, 5) is 22.1. The van der Waals surface area contributed by atoms with Crippen LogP contribution < -0.4 is 22.3 Å². The molecule has 4 aliphatic carbocycles. The number of fused-ring (bicyclic) bond motifs is 5. The van der Waals surface area contributed by atoms with Crippen LogP contribution in [0.2, 0.25) is 0 Å². The zero-order valence-corrected chi connectivity index (χ0v) is 17.3. The van der Waals surface area contributed by atoms with Crippen molar-refractivity contribution in [1.82, 2.24) is 10.9 Å². The van der Waals surface area contributed by atoms with Gasteiger partial charge < -0.3 is 11.5 Å². The van der Waals surface area contributed by atoms with Gasteiger partial charge in [0.1, 0.15) is 0 Å². The normalized spacial score (nSPS) is 41.2. The largest absolute Gasteiger partial charge is 0.350 e. The van der Waals surface area contributed by atoms with E-state index in [1.54, 1.807) is 0 Å². The molecule has 0 radical (unpaired) electrons. The van der Waals surface area contributed by atoms with Crippen LogP contribution in [0.25, 0.3) is 0 Å². The summed E-state index contributed by atoms with van der Waals surface area (Å²) in [7, 11) is 0. The minimum absolute atomic E-state index is 0.0634. The summed E-state index contributed by atoms with van der Waals surface area (Å²) in [6.45, 7) is 4.76. The number of carbonyl (C=O) groups is 2. The van der Waals surface area contributed by atoms with Crippen molar-refractivity contribution < 1.29 is 9.59 Å². The highest BCUT2D eigenvalue weighted by Crippen LogP contribution is 2.64. The first kappa shape index (κ1) is 19.9. The van der Waals surface area contributed by atoms with E-state index in [1.165, 1.54) is 18.4 Å². The van der Waals surface area contributed by atoms with E-state index in [1.807, 2.05) is 0 Å². The number of hydrogen-bond donors (Lipinski definition) is 4. The lowest BCUT2D eigenvalue weighted by molar-refractivity contribution is -0.0155. The van der Waals surface area contributed by atoms with Crippen LogP contribution in [0.4, 0.5) is 9.59 Å². The SMILES string of the molecule is C[C@]12CC/C(=N\NC(N)=O)C=C1CC[C@H]1[C@H]3CC/C(=N\NC(N)=O)[C@@]3(C)CC[C@@H]12. The van der Waals surface area contributed by atoms with Crippen molar-refractivity contribution in [2.45, 2.75) is 65.2 Å². The molecule has 0 heterocycles. The molecule has 8 nitrogen and oxygen atoms in total. The van der Waals surface area contributed by atoms with Gasteiger partial charge >= 0.3 is 12.1 Å². The van der Waals surface area contributed by atoms with Crippen LogP contribution in [0, 0.1) is 28.6 Å². The maximum absolute atomic E-state index is 11.1. The Hall–Kier alpha value is -2.38. The van der Waals surface area contributed by atoms with Crippen molar-refractivity contribution in [3.63, 3.8) is 0 Å². The molecule has 3 fully saturated rings. The summed E-state index contributed by atoms with van der Waals surface area (Å²) >= 11 is 0. The van der Waals surface area contributed by atoms with Gasteiger partial charge in [-0.25, -0.2) is 20.4 Å². The summed E-state index contributed by atoms with van der Waals surface area (Å²) in [6, 6.07) is -1.22. The third-order valence-electron chi connectivity index (χ3n) is 8.33. The molecule has 8 heteroatoms. The van der Waals surface area contributed by atoms with Crippen LogP contribution in [0.15, 0.2) is 21.9 Å². The zero-order valence-electron chi connectivity index (χ0n) is 17.3. The molecule has 0 aliphatic heterocycles. The van der Waals surface area contributed by atoms with E-state index >= 15 is 0 Å². The first-order chi connectivity index (χ1) is 13.7. The van der Waals surface area contributed by atoms with Gasteiger partial charge in [0.05, 0.1) is 5.71 Å². The molecule has 0 aromatic heterocycles. The van der Waals surface area contributed by atoms with E-state index in [9.17, 15) is 9.59 Å². The third-order valence-corrected chi connectivity index (χ3v) is 8.33. The number of hydrogen-bond acceptors (Lipinski definition) is 4. The number of nitrogens with two attached hydrogens (primary N) is 2. The van der Waals surface area contributed by atoms with Crippen molar-refractivity contribution >= 4 is 23.5 Å². The van der Waals surface area contributed by atoms with Gasteiger partial charge in [-0.1, -0.05) is 19.4 Å². The molecular weight excluding hydrogens is 368 g/mol. The molecule has 29 heavy (non-hydrogen) atoms. The fourth-order valence-electron chi connectivity index (χ4n) is 6.88. The Bertz CT molecular complexity index is 818. The Kier molecular flexibility index (Phi) is 4.91. The Labute approximate surface area is 171 Å². The van der Waals surface area contributed by atoms with Gasteiger partial charge in [0, 0.05) is 11.1 Å². The lowest BCUT2D eigenvalue weighted by Crippen LogP contribution is -2.50. The fourth-order valence-corrected chi connectivity index (χ4v) is 6.88. The van der Waals surface area contributed by atoms with E-state index in [0.717, 1.165) is 49.9 Å². The Morgan fingerprint density at radius 3 is 2.34 bits per heavy atom. The van der Waals surface area contributed by atoms with Crippen LogP contribution in [0.1, 0.15) is 65.2 Å². The molecule has 0 saturated heterocycles. The summed E-state index contributed by atoms with van der Waals surface area (Å²) in [5, 5.41) is 8.55. The molecule has 3 saturated carbocycles. The molecule has 0 spiro atoms. The van der Waals surface area contributed by atoms with E-state index in [0.29, 0.717) is 17.8 Å². The summed E-state index contributed by atoms with van der Waals surface area (Å²) < 4.78 is 0. The van der Waals surface area contributed by atoms with Crippen molar-refractivity contribution in [1.29, 1.82) is 0 Å². The van der Waals surface area contributed by atoms with Crippen LogP contribution in [-0.2, 0) is 0 Å². The predicted octanol–water partition coefficient (Wildman–Crippen LogP) is 3.00. The molecule has 4 aliphatic rings. The number of nitrogens with zero attached hydrogens (tertiary/aromatic N) is 2.